The number of carbonyl (C=O) groups excluding carboxylic acids is 2. The van der Waals surface area contributed by atoms with E-state index in [2.05, 4.69) is 5.32 Å². The second-order valence-electron chi connectivity index (χ2n) is 8.85. The van der Waals surface area contributed by atoms with Crippen LogP contribution in [0.5, 0.6) is 0 Å². The summed E-state index contributed by atoms with van der Waals surface area (Å²) >= 11 is 0. The van der Waals surface area contributed by atoms with Crippen molar-refractivity contribution in [2.45, 2.75) is 89.6 Å². The molecule has 6 nitrogen and oxygen atoms in total. The molecule has 1 amide bonds. The summed E-state index contributed by atoms with van der Waals surface area (Å²) < 4.78 is 6.86. The first-order chi connectivity index (χ1) is 14.1. The zero-order valence-corrected chi connectivity index (χ0v) is 17.2. The molecule has 1 aromatic heterocycles. The smallest absolute Gasteiger partial charge is 0.328 e. The highest BCUT2D eigenvalue weighted by Crippen LogP contribution is 2.27. The van der Waals surface area contributed by atoms with E-state index in [0.717, 1.165) is 49.8 Å². The van der Waals surface area contributed by atoms with Crippen molar-refractivity contribution in [1.29, 1.82) is 0 Å². The van der Waals surface area contributed by atoms with Crippen LogP contribution in [0, 0.1) is 5.92 Å². The largest absolute Gasteiger partial charge is 0.464 e. The third-order valence-electron chi connectivity index (χ3n) is 6.75. The van der Waals surface area contributed by atoms with Crippen LogP contribution in [-0.4, -0.2) is 29.1 Å². The van der Waals surface area contributed by atoms with Gasteiger partial charge in [-0.1, -0.05) is 32.1 Å². The van der Waals surface area contributed by atoms with Gasteiger partial charge in [0, 0.05) is 18.7 Å². The summed E-state index contributed by atoms with van der Waals surface area (Å²) in [6.07, 6.45) is 12.9. The first-order valence-corrected chi connectivity index (χ1v) is 11.4. The molecule has 0 spiro atoms. The molecule has 3 aliphatic rings. The molecular formula is C23H32N2O4. The van der Waals surface area contributed by atoms with Crippen LogP contribution in [-0.2, 0) is 28.9 Å². The molecule has 2 fully saturated rings. The summed E-state index contributed by atoms with van der Waals surface area (Å²) in [4.78, 5) is 38.1. The Labute approximate surface area is 172 Å². The van der Waals surface area contributed by atoms with Gasteiger partial charge in [0.15, 0.2) is 0 Å². The topological polar surface area (TPSA) is 77.4 Å². The number of carbonyl (C=O) groups is 2. The number of pyridine rings is 1. The van der Waals surface area contributed by atoms with Gasteiger partial charge in [-0.2, -0.15) is 0 Å². The molecule has 6 heteroatoms. The van der Waals surface area contributed by atoms with Crippen LogP contribution in [0.3, 0.4) is 0 Å². The van der Waals surface area contributed by atoms with E-state index >= 15 is 0 Å². The van der Waals surface area contributed by atoms with Crippen LogP contribution in [0.1, 0.15) is 85.8 Å². The van der Waals surface area contributed by atoms with E-state index in [9.17, 15) is 14.4 Å². The summed E-state index contributed by atoms with van der Waals surface area (Å²) in [7, 11) is 0. The Balaban J connectivity index is 1.67. The zero-order chi connectivity index (χ0) is 20.2. The molecule has 0 radical (unpaired) electrons. The first kappa shape index (κ1) is 20.2. The number of aryl methyl sites for hydroxylation is 1. The van der Waals surface area contributed by atoms with Crippen molar-refractivity contribution in [3.05, 3.63) is 33.2 Å². The van der Waals surface area contributed by atoms with Gasteiger partial charge in [-0.25, -0.2) is 4.79 Å². The second-order valence-corrected chi connectivity index (χ2v) is 8.85. The highest BCUT2D eigenvalue weighted by Gasteiger charge is 2.30. The maximum absolute atomic E-state index is 13.4. The quantitative estimate of drug-likeness (QED) is 0.788. The standard InChI is InChI=1S/C23H32N2O4/c26-21(24-19-12-13-29-23(19)28)18-14-17-10-6-1-2-7-11-20(17)25(22(18)27)15-16-8-4-3-5-9-16/h14,16,19H,1-13,15H2,(H,24,26). The molecule has 1 aromatic rings. The lowest BCUT2D eigenvalue weighted by molar-refractivity contribution is -0.139. The maximum Gasteiger partial charge on any atom is 0.328 e. The Bertz CT molecular complexity index is 823. The molecule has 1 aliphatic heterocycles. The van der Waals surface area contributed by atoms with Crippen LogP contribution in [0.25, 0.3) is 0 Å². The van der Waals surface area contributed by atoms with E-state index in [-0.39, 0.29) is 11.1 Å². The lowest BCUT2D eigenvalue weighted by Gasteiger charge is -2.26. The Morgan fingerprint density at radius 3 is 2.45 bits per heavy atom. The van der Waals surface area contributed by atoms with Crippen LogP contribution < -0.4 is 10.9 Å². The molecule has 2 aliphatic carbocycles. The van der Waals surface area contributed by atoms with Crippen molar-refractivity contribution < 1.29 is 14.3 Å². The molecule has 1 atom stereocenters. The molecule has 1 saturated heterocycles. The summed E-state index contributed by atoms with van der Waals surface area (Å²) in [5.74, 6) is -0.340. The lowest BCUT2D eigenvalue weighted by Crippen LogP contribution is -2.42. The number of fused-ring (bicyclic) bond motifs is 1. The van der Waals surface area contributed by atoms with E-state index < -0.39 is 17.9 Å². The average molecular weight is 401 g/mol. The van der Waals surface area contributed by atoms with Crippen molar-refractivity contribution in [1.82, 2.24) is 9.88 Å². The molecular weight excluding hydrogens is 368 g/mol. The van der Waals surface area contributed by atoms with Gasteiger partial charge in [-0.05, 0) is 56.1 Å². The fourth-order valence-corrected chi connectivity index (χ4v) is 5.08. The first-order valence-electron chi connectivity index (χ1n) is 11.4. The molecule has 158 valence electrons. The highest BCUT2D eigenvalue weighted by atomic mass is 16.5. The van der Waals surface area contributed by atoms with E-state index in [4.69, 9.17) is 4.74 Å². The predicted molar refractivity (Wildman–Crippen MR) is 110 cm³/mol. The third-order valence-corrected chi connectivity index (χ3v) is 6.75. The normalized spacial score (nSPS) is 23.0. The predicted octanol–water partition coefficient (Wildman–Crippen LogP) is 3.13. The van der Waals surface area contributed by atoms with Crippen LogP contribution in [0.15, 0.2) is 10.9 Å². The molecule has 1 unspecified atom stereocenters. The van der Waals surface area contributed by atoms with Crippen molar-refractivity contribution in [2.24, 2.45) is 5.92 Å². The van der Waals surface area contributed by atoms with Crippen molar-refractivity contribution >= 4 is 11.9 Å². The monoisotopic (exact) mass is 400 g/mol. The SMILES string of the molecule is O=C(NC1CCOC1=O)c1cc2c(n(CC3CCCCC3)c1=O)CCCCCC2. The minimum absolute atomic E-state index is 0.180. The van der Waals surface area contributed by atoms with Gasteiger partial charge in [0.25, 0.3) is 11.5 Å². The molecule has 1 saturated carbocycles. The number of esters is 1. The Morgan fingerprint density at radius 1 is 1.00 bits per heavy atom. The summed E-state index contributed by atoms with van der Waals surface area (Å²) in [6, 6.07) is 1.16. The Morgan fingerprint density at radius 2 is 1.72 bits per heavy atom. The molecule has 1 N–H and O–H groups in total. The van der Waals surface area contributed by atoms with Crippen LogP contribution in [0.2, 0.25) is 0 Å². The lowest BCUT2D eigenvalue weighted by atomic mass is 9.88. The van der Waals surface area contributed by atoms with Gasteiger partial charge in [0.05, 0.1) is 6.61 Å². The Kier molecular flexibility index (Phi) is 6.36. The van der Waals surface area contributed by atoms with Crippen molar-refractivity contribution in [2.75, 3.05) is 6.61 Å². The minimum Gasteiger partial charge on any atom is -0.464 e. The van der Waals surface area contributed by atoms with Gasteiger partial charge in [-0.15, -0.1) is 0 Å². The van der Waals surface area contributed by atoms with Crippen LogP contribution in [0.4, 0.5) is 0 Å². The summed E-state index contributed by atoms with van der Waals surface area (Å²) in [5, 5.41) is 2.72. The minimum atomic E-state index is -0.643. The van der Waals surface area contributed by atoms with E-state index in [1.54, 1.807) is 6.07 Å². The van der Waals surface area contributed by atoms with E-state index in [1.807, 2.05) is 4.57 Å². The number of aromatic nitrogens is 1. The van der Waals surface area contributed by atoms with Gasteiger partial charge in [0.1, 0.15) is 11.6 Å². The van der Waals surface area contributed by atoms with Gasteiger partial charge >= 0.3 is 5.97 Å². The number of amides is 1. The molecule has 4 rings (SSSR count). The third kappa shape index (κ3) is 4.57. The number of ether oxygens (including phenoxy) is 1. The van der Waals surface area contributed by atoms with Crippen molar-refractivity contribution in [3.63, 3.8) is 0 Å². The van der Waals surface area contributed by atoms with E-state index in [1.165, 1.54) is 32.1 Å². The molecule has 2 heterocycles. The summed E-state index contributed by atoms with van der Waals surface area (Å²) in [6.45, 7) is 1.04. The van der Waals surface area contributed by atoms with Crippen molar-refractivity contribution in [3.8, 4) is 0 Å². The molecule has 0 bridgehead atoms. The van der Waals surface area contributed by atoms with Gasteiger partial charge in [0.2, 0.25) is 0 Å². The van der Waals surface area contributed by atoms with Crippen LogP contribution >= 0.6 is 0 Å². The number of cyclic esters (lactones) is 1. The average Bonchev–Trinajstić information content (AvgIpc) is 3.10. The number of hydrogen-bond acceptors (Lipinski definition) is 4. The Hall–Kier alpha value is -2.11. The molecule has 29 heavy (non-hydrogen) atoms. The number of nitrogens with one attached hydrogen (secondary N) is 1. The van der Waals surface area contributed by atoms with E-state index in [0.29, 0.717) is 25.5 Å². The van der Waals surface area contributed by atoms with Gasteiger partial charge < -0.3 is 14.6 Å². The number of rotatable bonds is 4. The maximum atomic E-state index is 13.4. The number of nitrogens with zero attached hydrogens (tertiary/aromatic N) is 1. The fourth-order valence-electron chi connectivity index (χ4n) is 5.08. The zero-order valence-electron chi connectivity index (χ0n) is 17.2. The number of hydrogen-bond donors (Lipinski definition) is 1. The second kappa shape index (κ2) is 9.14. The summed E-state index contributed by atoms with van der Waals surface area (Å²) in [5.41, 5.74) is 2.26. The highest BCUT2D eigenvalue weighted by molar-refractivity contribution is 5.97. The molecule has 0 aromatic carbocycles. The fraction of sp³-hybridized carbons (Fsp3) is 0.696. The van der Waals surface area contributed by atoms with Gasteiger partial charge in [-0.3, -0.25) is 9.59 Å².